The van der Waals surface area contributed by atoms with Crippen molar-refractivity contribution in [2.45, 2.75) is 19.9 Å². The quantitative estimate of drug-likeness (QED) is 0.822. The molecule has 5 heteroatoms. The van der Waals surface area contributed by atoms with Gasteiger partial charge in [0, 0.05) is 16.6 Å². The minimum atomic E-state index is -0.622. The van der Waals surface area contributed by atoms with E-state index in [0.717, 1.165) is 10.6 Å². The highest BCUT2D eigenvalue weighted by molar-refractivity contribution is 7.09. The van der Waals surface area contributed by atoms with Crippen LogP contribution in [0.1, 0.15) is 23.5 Å². The minimum absolute atomic E-state index is 0.0615. The van der Waals surface area contributed by atoms with Crippen molar-refractivity contribution in [2.75, 3.05) is 5.32 Å². The van der Waals surface area contributed by atoms with E-state index in [-0.39, 0.29) is 11.8 Å². The van der Waals surface area contributed by atoms with Crippen LogP contribution in [0, 0.1) is 12.7 Å². The van der Waals surface area contributed by atoms with Crippen LogP contribution in [0.3, 0.4) is 0 Å². The molecule has 0 aliphatic rings. The summed E-state index contributed by atoms with van der Waals surface area (Å²) in [5.41, 5.74) is 3.41. The highest BCUT2D eigenvalue weighted by Gasteiger charge is 2.11. The van der Waals surface area contributed by atoms with Gasteiger partial charge in [-0.15, -0.1) is 11.3 Å². The Morgan fingerprint density at radius 2 is 2.24 bits per heavy atom. The molecule has 1 unspecified atom stereocenters. The Balaban J connectivity index is 2.16. The van der Waals surface area contributed by atoms with Crippen LogP contribution in [0.15, 0.2) is 23.7 Å². The first-order valence-electron chi connectivity index (χ1n) is 5.23. The summed E-state index contributed by atoms with van der Waals surface area (Å²) in [4.78, 5) is 5.30. The highest BCUT2D eigenvalue weighted by atomic mass is 32.1. The second-order valence-electron chi connectivity index (χ2n) is 3.83. The molecule has 2 aromatic rings. The van der Waals surface area contributed by atoms with Gasteiger partial charge in [0.1, 0.15) is 0 Å². The number of aromatic nitrogens is 1. The van der Waals surface area contributed by atoms with Crippen LogP contribution in [-0.4, -0.2) is 10.1 Å². The van der Waals surface area contributed by atoms with Gasteiger partial charge in [-0.3, -0.25) is 0 Å². The van der Waals surface area contributed by atoms with Crippen molar-refractivity contribution in [3.05, 3.63) is 40.1 Å². The molecule has 0 saturated carbocycles. The van der Waals surface area contributed by atoms with E-state index in [9.17, 15) is 4.39 Å². The molecule has 0 spiro atoms. The number of aromatic hydroxyl groups is 1. The van der Waals surface area contributed by atoms with Crippen molar-refractivity contribution in [1.29, 1.82) is 0 Å². The third-order valence-corrected chi connectivity index (χ3v) is 3.62. The molecule has 1 atom stereocenters. The molecule has 0 aliphatic carbocycles. The summed E-state index contributed by atoms with van der Waals surface area (Å²) >= 11 is 1.57. The fourth-order valence-electron chi connectivity index (χ4n) is 1.64. The number of benzene rings is 1. The number of nitrogens with one attached hydrogen (secondary N) is 1. The Hall–Kier alpha value is -1.62. The van der Waals surface area contributed by atoms with E-state index in [1.54, 1.807) is 22.9 Å². The minimum Gasteiger partial charge on any atom is -0.505 e. The van der Waals surface area contributed by atoms with Gasteiger partial charge in [0.25, 0.3) is 0 Å². The Labute approximate surface area is 103 Å². The van der Waals surface area contributed by atoms with E-state index < -0.39 is 5.82 Å². The molecule has 17 heavy (non-hydrogen) atoms. The van der Waals surface area contributed by atoms with Crippen molar-refractivity contribution >= 4 is 17.0 Å². The second-order valence-corrected chi connectivity index (χ2v) is 4.72. The predicted molar refractivity (Wildman–Crippen MR) is 67.0 cm³/mol. The predicted octanol–water partition coefficient (Wildman–Crippen LogP) is 3.47. The molecular weight excluding hydrogens is 239 g/mol. The highest BCUT2D eigenvalue weighted by Crippen LogP contribution is 2.27. The average molecular weight is 252 g/mol. The van der Waals surface area contributed by atoms with Crippen molar-refractivity contribution in [2.24, 2.45) is 0 Å². The third kappa shape index (κ3) is 2.55. The molecule has 0 fully saturated rings. The van der Waals surface area contributed by atoms with Gasteiger partial charge in [0.2, 0.25) is 0 Å². The summed E-state index contributed by atoms with van der Waals surface area (Å²) in [6.45, 7) is 3.94. The molecule has 1 heterocycles. The molecule has 0 bridgehead atoms. The van der Waals surface area contributed by atoms with Crippen LogP contribution in [0.5, 0.6) is 5.75 Å². The normalized spacial score (nSPS) is 12.4. The van der Waals surface area contributed by atoms with Gasteiger partial charge in [-0.1, -0.05) is 0 Å². The fraction of sp³-hybridized carbons (Fsp3) is 0.250. The largest absolute Gasteiger partial charge is 0.505 e. The first kappa shape index (κ1) is 11.9. The van der Waals surface area contributed by atoms with Gasteiger partial charge in [-0.05, 0) is 26.0 Å². The fourth-order valence-corrected chi connectivity index (χ4v) is 2.45. The van der Waals surface area contributed by atoms with Gasteiger partial charge >= 0.3 is 0 Å². The van der Waals surface area contributed by atoms with Gasteiger partial charge in [-0.25, -0.2) is 9.37 Å². The Morgan fingerprint density at radius 3 is 2.82 bits per heavy atom. The summed E-state index contributed by atoms with van der Waals surface area (Å²) in [5.74, 6) is -0.958. The lowest BCUT2D eigenvalue weighted by molar-refractivity contribution is 0.432. The lowest BCUT2D eigenvalue weighted by Gasteiger charge is -2.14. The number of hydrogen-bond acceptors (Lipinski definition) is 4. The van der Waals surface area contributed by atoms with E-state index in [4.69, 9.17) is 5.11 Å². The Bertz CT molecular complexity index is 527. The van der Waals surface area contributed by atoms with E-state index >= 15 is 0 Å². The SMILES string of the molecule is Cc1ncsc1C(C)Nc1ccc(O)c(F)c1. The molecule has 1 aromatic heterocycles. The molecule has 2 N–H and O–H groups in total. The van der Waals surface area contributed by atoms with Crippen LogP contribution in [0.2, 0.25) is 0 Å². The standard InChI is InChI=1S/C12H13FN2OS/c1-7-12(17-6-14-7)8(2)15-9-3-4-11(16)10(13)5-9/h3-6,8,15-16H,1-2H3. The van der Waals surface area contributed by atoms with Gasteiger partial charge in [0.15, 0.2) is 11.6 Å². The summed E-state index contributed by atoms with van der Waals surface area (Å²) in [7, 11) is 0. The summed E-state index contributed by atoms with van der Waals surface area (Å²) in [5, 5.41) is 12.3. The van der Waals surface area contributed by atoms with Crippen molar-refractivity contribution in [3.63, 3.8) is 0 Å². The number of phenolic OH excluding ortho intramolecular Hbond substituents is 1. The maximum atomic E-state index is 13.2. The summed E-state index contributed by atoms with van der Waals surface area (Å²) in [6.07, 6.45) is 0. The maximum Gasteiger partial charge on any atom is 0.166 e. The monoisotopic (exact) mass is 252 g/mol. The third-order valence-electron chi connectivity index (χ3n) is 2.51. The number of nitrogens with zero attached hydrogens (tertiary/aromatic N) is 1. The number of rotatable bonds is 3. The van der Waals surface area contributed by atoms with Crippen LogP contribution in [-0.2, 0) is 0 Å². The molecule has 2 rings (SSSR count). The van der Waals surface area contributed by atoms with Crippen LogP contribution < -0.4 is 5.32 Å². The first-order chi connectivity index (χ1) is 8.08. The number of thiazole rings is 1. The Kier molecular flexibility index (Phi) is 3.28. The van der Waals surface area contributed by atoms with Gasteiger partial charge in [-0.2, -0.15) is 0 Å². The maximum absolute atomic E-state index is 13.2. The number of halogens is 1. The molecule has 1 aromatic carbocycles. The zero-order valence-corrected chi connectivity index (χ0v) is 10.4. The average Bonchev–Trinajstić information content (AvgIpc) is 2.70. The molecule has 0 radical (unpaired) electrons. The number of aryl methyl sites for hydroxylation is 1. The number of phenols is 1. The van der Waals surface area contributed by atoms with E-state index in [1.807, 2.05) is 13.8 Å². The van der Waals surface area contributed by atoms with E-state index in [0.29, 0.717) is 5.69 Å². The van der Waals surface area contributed by atoms with E-state index in [1.165, 1.54) is 12.1 Å². The summed E-state index contributed by atoms with van der Waals surface area (Å²) in [6, 6.07) is 4.32. The zero-order chi connectivity index (χ0) is 12.4. The summed E-state index contributed by atoms with van der Waals surface area (Å²) < 4.78 is 13.2. The molecule has 3 nitrogen and oxygen atoms in total. The molecule has 90 valence electrons. The van der Waals surface area contributed by atoms with Crippen LogP contribution >= 0.6 is 11.3 Å². The molecular formula is C12H13FN2OS. The Morgan fingerprint density at radius 1 is 1.47 bits per heavy atom. The lowest BCUT2D eigenvalue weighted by Crippen LogP contribution is -2.06. The van der Waals surface area contributed by atoms with Crippen LogP contribution in [0.4, 0.5) is 10.1 Å². The molecule has 0 aliphatic heterocycles. The van der Waals surface area contributed by atoms with E-state index in [2.05, 4.69) is 10.3 Å². The smallest absolute Gasteiger partial charge is 0.166 e. The van der Waals surface area contributed by atoms with Crippen molar-refractivity contribution < 1.29 is 9.50 Å². The molecule has 0 amide bonds. The van der Waals surface area contributed by atoms with Gasteiger partial charge in [0.05, 0.1) is 17.2 Å². The first-order valence-corrected chi connectivity index (χ1v) is 6.11. The van der Waals surface area contributed by atoms with Crippen LogP contribution in [0.25, 0.3) is 0 Å². The topological polar surface area (TPSA) is 45.2 Å². The van der Waals surface area contributed by atoms with Gasteiger partial charge < -0.3 is 10.4 Å². The zero-order valence-electron chi connectivity index (χ0n) is 9.57. The van der Waals surface area contributed by atoms with Crippen molar-refractivity contribution in [3.8, 4) is 5.75 Å². The number of hydrogen-bond donors (Lipinski definition) is 2. The second kappa shape index (κ2) is 4.71. The number of anilines is 1. The lowest BCUT2D eigenvalue weighted by atomic mass is 10.2. The van der Waals surface area contributed by atoms with Crippen molar-refractivity contribution in [1.82, 2.24) is 4.98 Å². The molecule has 0 saturated heterocycles.